The molecule has 12 heavy (non-hydrogen) atoms. The molecule has 1 saturated heterocycles. The molecule has 2 unspecified atom stereocenters. The number of thioether (sulfide) groups is 1. The van der Waals surface area contributed by atoms with Gasteiger partial charge in [-0.2, -0.15) is 0 Å². The van der Waals surface area contributed by atoms with Crippen molar-refractivity contribution in [3.8, 4) is 5.75 Å². The second kappa shape index (κ2) is 3.40. The van der Waals surface area contributed by atoms with E-state index in [1.165, 1.54) is 0 Å². The molecule has 0 bridgehead atoms. The second-order valence-electron chi connectivity index (χ2n) is 3.00. The van der Waals surface area contributed by atoms with E-state index in [2.05, 4.69) is 6.92 Å². The van der Waals surface area contributed by atoms with Crippen LogP contribution in [0.1, 0.15) is 6.92 Å². The Morgan fingerprint density at radius 3 is 2.58 bits per heavy atom. The molecular weight excluding hydrogens is 168 g/mol. The predicted octanol–water partition coefficient (Wildman–Crippen LogP) is 2.57. The van der Waals surface area contributed by atoms with Crippen molar-refractivity contribution >= 4 is 11.8 Å². The van der Waals surface area contributed by atoms with Gasteiger partial charge in [-0.3, -0.25) is 0 Å². The van der Waals surface area contributed by atoms with Gasteiger partial charge in [-0.05, 0) is 12.1 Å². The molecular formula is C10H12OS. The molecule has 0 N–H and O–H groups in total. The van der Waals surface area contributed by atoms with E-state index in [0.717, 1.165) is 22.9 Å². The highest BCUT2D eigenvalue weighted by Gasteiger charge is 2.34. The highest BCUT2D eigenvalue weighted by molar-refractivity contribution is 8.07. The molecule has 1 fully saturated rings. The summed E-state index contributed by atoms with van der Waals surface area (Å²) in [5.41, 5.74) is 0. The van der Waals surface area contributed by atoms with Gasteiger partial charge in [-0.1, -0.05) is 25.1 Å². The Morgan fingerprint density at radius 2 is 2.00 bits per heavy atom. The molecule has 2 heteroatoms. The number of para-hydroxylation sites is 1. The zero-order valence-corrected chi connectivity index (χ0v) is 7.88. The monoisotopic (exact) mass is 180 g/mol. The van der Waals surface area contributed by atoms with Gasteiger partial charge in [-0.25, -0.2) is 0 Å². The highest BCUT2D eigenvalue weighted by Crippen LogP contribution is 2.40. The van der Waals surface area contributed by atoms with Crippen LogP contribution in [0.25, 0.3) is 0 Å². The normalized spacial score (nSPS) is 26.8. The van der Waals surface area contributed by atoms with Crippen LogP contribution >= 0.6 is 11.8 Å². The topological polar surface area (TPSA) is 9.23 Å². The van der Waals surface area contributed by atoms with Crippen LogP contribution in [0.5, 0.6) is 5.75 Å². The average Bonchev–Trinajstić information content (AvgIpc) is 2.81. The van der Waals surface area contributed by atoms with Gasteiger partial charge in [-0.15, -0.1) is 11.8 Å². The zero-order chi connectivity index (χ0) is 8.39. The standard InChI is InChI=1S/C10H12OS/c1-8-10(12-8)7-11-9-5-3-2-4-6-9/h2-6,8,10H,7H2,1H3. The summed E-state index contributed by atoms with van der Waals surface area (Å²) in [7, 11) is 0. The van der Waals surface area contributed by atoms with Gasteiger partial charge in [0.1, 0.15) is 12.4 Å². The third-order valence-electron chi connectivity index (χ3n) is 1.99. The molecule has 1 aliphatic heterocycles. The summed E-state index contributed by atoms with van der Waals surface area (Å²) < 4.78 is 5.58. The van der Waals surface area contributed by atoms with Gasteiger partial charge in [0.15, 0.2) is 0 Å². The fourth-order valence-electron chi connectivity index (χ4n) is 1.10. The lowest BCUT2D eigenvalue weighted by molar-refractivity contribution is 0.325. The van der Waals surface area contributed by atoms with Crippen LogP contribution in [-0.2, 0) is 0 Å². The van der Waals surface area contributed by atoms with Crippen molar-refractivity contribution in [3.63, 3.8) is 0 Å². The Balaban J connectivity index is 1.80. The number of hydrogen-bond donors (Lipinski definition) is 0. The second-order valence-corrected chi connectivity index (χ2v) is 4.62. The molecule has 0 amide bonds. The number of ether oxygens (including phenoxy) is 1. The van der Waals surface area contributed by atoms with Crippen molar-refractivity contribution in [2.75, 3.05) is 6.61 Å². The van der Waals surface area contributed by atoms with Crippen LogP contribution in [-0.4, -0.2) is 17.1 Å². The molecule has 0 saturated carbocycles. The fourth-order valence-corrected chi connectivity index (χ4v) is 1.79. The van der Waals surface area contributed by atoms with Gasteiger partial charge in [0, 0.05) is 5.25 Å². The Morgan fingerprint density at radius 1 is 1.33 bits per heavy atom. The lowest BCUT2D eigenvalue weighted by atomic mass is 10.3. The van der Waals surface area contributed by atoms with Crippen LogP contribution in [0, 0.1) is 0 Å². The maximum absolute atomic E-state index is 5.58. The smallest absolute Gasteiger partial charge is 0.119 e. The summed E-state index contributed by atoms with van der Waals surface area (Å²) in [4.78, 5) is 0. The molecule has 0 radical (unpaired) electrons. The largest absolute Gasteiger partial charge is 0.492 e. The maximum Gasteiger partial charge on any atom is 0.119 e. The van der Waals surface area contributed by atoms with Crippen LogP contribution in [0.3, 0.4) is 0 Å². The summed E-state index contributed by atoms with van der Waals surface area (Å²) >= 11 is 1.99. The molecule has 1 aromatic carbocycles. The summed E-state index contributed by atoms with van der Waals surface area (Å²) in [6, 6.07) is 9.99. The average molecular weight is 180 g/mol. The van der Waals surface area contributed by atoms with Gasteiger partial charge >= 0.3 is 0 Å². The van der Waals surface area contributed by atoms with E-state index >= 15 is 0 Å². The van der Waals surface area contributed by atoms with Crippen molar-refractivity contribution in [1.82, 2.24) is 0 Å². The van der Waals surface area contributed by atoms with E-state index in [1.807, 2.05) is 42.1 Å². The first-order chi connectivity index (χ1) is 5.86. The molecule has 1 aliphatic rings. The van der Waals surface area contributed by atoms with E-state index in [4.69, 9.17) is 4.74 Å². The molecule has 1 aromatic rings. The number of rotatable bonds is 3. The first-order valence-electron chi connectivity index (χ1n) is 4.19. The fraction of sp³-hybridized carbons (Fsp3) is 0.400. The van der Waals surface area contributed by atoms with Crippen molar-refractivity contribution in [3.05, 3.63) is 30.3 Å². The molecule has 0 spiro atoms. The Kier molecular flexibility index (Phi) is 2.26. The quantitative estimate of drug-likeness (QED) is 0.661. The lowest BCUT2D eigenvalue weighted by Crippen LogP contribution is -2.05. The molecule has 64 valence electrons. The lowest BCUT2D eigenvalue weighted by Gasteiger charge is -2.02. The van der Waals surface area contributed by atoms with Gasteiger partial charge in [0.2, 0.25) is 0 Å². The third-order valence-corrected chi connectivity index (χ3v) is 3.33. The Bertz CT molecular complexity index is 247. The first-order valence-corrected chi connectivity index (χ1v) is 5.14. The van der Waals surface area contributed by atoms with Gasteiger partial charge in [0.25, 0.3) is 0 Å². The third kappa shape index (κ3) is 1.95. The zero-order valence-electron chi connectivity index (χ0n) is 7.07. The van der Waals surface area contributed by atoms with Crippen molar-refractivity contribution < 1.29 is 4.74 Å². The van der Waals surface area contributed by atoms with Crippen molar-refractivity contribution in [2.24, 2.45) is 0 Å². The molecule has 2 atom stereocenters. The van der Waals surface area contributed by atoms with Crippen molar-refractivity contribution in [2.45, 2.75) is 17.4 Å². The van der Waals surface area contributed by atoms with Crippen LogP contribution in [0.15, 0.2) is 30.3 Å². The predicted molar refractivity (Wildman–Crippen MR) is 52.8 cm³/mol. The van der Waals surface area contributed by atoms with E-state index in [1.54, 1.807) is 0 Å². The summed E-state index contributed by atoms with van der Waals surface area (Å²) in [5, 5.41) is 1.53. The molecule has 2 rings (SSSR count). The summed E-state index contributed by atoms with van der Waals surface area (Å²) in [6.45, 7) is 3.10. The molecule has 0 aromatic heterocycles. The Labute approximate surface area is 77.1 Å². The van der Waals surface area contributed by atoms with Crippen molar-refractivity contribution in [1.29, 1.82) is 0 Å². The van der Waals surface area contributed by atoms with Gasteiger partial charge in [0.05, 0.1) is 5.25 Å². The molecule has 1 nitrogen and oxygen atoms in total. The van der Waals surface area contributed by atoms with E-state index in [9.17, 15) is 0 Å². The number of benzene rings is 1. The van der Waals surface area contributed by atoms with Crippen LogP contribution < -0.4 is 4.74 Å². The Hall–Kier alpha value is -0.630. The number of hydrogen-bond acceptors (Lipinski definition) is 2. The van der Waals surface area contributed by atoms with Crippen LogP contribution in [0.2, 0.25) is 0 Å². The molecule has 1 heterocycles. The van der Waals surface area contributed by atoms with Crippen LogP contribution in [0.4, 0.5) is 0 Å². The maximum atomic E-state index is 5.58. The van der Waals surface area contributed by atoms with E-state index in [-0.39, 0.29) is 0 Å². The van der Waals surface area contributed by atoms with E-state index < -0.39 is 0 Å². The van der Waals surface area contributed by atoms with Gasteiger partial charge < -0.3 is 4.74 Å². The minimum atomic E-state index is 0.727. The summed E-state index contributed by atoms with van der Waals surface area (Å²) in [5.74, 6) is 0.984. The SMILES string of the molecule is CC1SC1COc1ccccc1. The minimum absolute atomic E-state index is 0.727. The molecule has 0 aliphatic carbocycles. The van der Waals surface area contributed by atoms with E-state index in [0.29, 0.717) is 0 Å². The highest BCUT2D eigenvalue weighted by atomic mass is 32.2. The first kappa shape index (κ1) is 7.99. The minimum Gasteiger partial charge on any atom is -0.492 e. The summed E-state index contributed by atoms with van der Waals surface area (Å²) in [6.07, 6.45) is 0.